The maximum Gasteiger partial charge on any atom is 0.208 e. The van der Waals surface area contributed by atoms with Gasteiger partial charge in [0.2, 0.25) is 5.13 Å². The summed E-state index contributed by atoms with van der Waals surface area (Å²) in [5.74, 6) is -0.204. The Bertz CT molecular complexity index is 676. The molecule has 25 heavy (non-hydrogen) atoms. The van der Waals surface area contributed by atoms with E-state index in [0.29, 0.717) is 18.6 Å². The fraction of sp³-hybridized carbons (Fsp3) is 0.579. The number of aromatic nitrogens is 2. The molecule has 2 fully saturated rings. The molecule has 0 amide bonds. The summed E-state index contributed by atoms with van der Waals surface area (Å²) >= 11 is 1.64. The lowest BCUT2D eigenvalue weighted by atomic mass is 10.1. The minimum absolute atomic E-state index is 0.204. The van der Waals surface area contributed by atoms with Crippen LogP contribution in [0.25, 0.3) is 0 Å². The Morgan fingerprint density at radius 2 is 1.68 bits per heavy atom. The molecule has 0 N–H and O–H groups in total. The number of nitrogens with zero attached hydrogens (tertiary/aromatic N) is 3. The van der Waals surface area contributed by atoms with Crippen LogP contribution in [-0.2, 0) is 11.2 Å². The molecule has 2 aromatic rings. The smallest absolute Gasteiger partial charge is 0.208 e. The summed E-state index contributed by atoms with van der Waals surface area (Å²) in [5, 5.41) is 10.6. The molecule has 1 aromatic carbocycles. The van der Waals surface area contributed by atoms with Crippen molar-refractivity contribution in [1.82, 2.24) is 10.2 Å². The van der Waals surface area contributed by atoms with E-state index >= 15 is 0 Å². The summed E-state index contributed by atoms with van der Waals surface area (Å²) in [6, 6.07) is 6.60. The molecule has 4 rings (SSSR count). The van der Waals surface area contributed by atoms with Crippen molar-refractivity contribution >= 4 is 16.5 Å². The van der Waals surface area contributed by atoms with Gasteiger partial charge >= 0.3 is 0 Å². The van der Waals surface area contributed by atoms with Crippen molar-refractivity contribution in [2.45, 2.75) is 57.2 Å². The first-order valence-electron chi connectivity index (χ1n) is 9.23. The summed E-state index contributed by atoms with van der Waals surface area (Å²) in [6.07, 6.45) is 8.89. The van der Waals surface area contributed by atoms with Crippen molar-refractivity contribution < 1.29 is 9.13 Å². The van der Waals surface area contributed by atoms with Crippen LogP contribution in [0, 0.1) is 5.82 Å². The Morgan fingerprint density at radius 3 is 2.40 bits per heavy atom. The molecule has 0 bridgehead atoms. The lowest BCUT2D eigenvalue weighted by molar-refractivity contribution is -0.0194. The van der Waals surface area contributed by atoms with Gasteiger partial charge in [-0.25, -0.2) is 4.39 Å². The molecule has 1 aliphatic carbocycles. The predicted molar refractivity (Wildman–Crippen MR) is 97.7 cm³/mol. The lowest BCUT2D eigenvalue weighted by Crippen LogP contribution is -2.38. The van der Waals surface area contributed by atoms with E-state index in [1.807, 2.05) is 12.1 Å². The van der Waals surface area contributed by atoms with E-state index in [4.69, 9.17) is 4.74 Å². The first-order chi connectivity index (χ1) is 12.3. The number of halogens is 1. The molecule has 0 radical (unpaired) electrons. The van der Waals surface area contributed by atoms with Crippen LogP contribution >= 0.6 is 11.3 Å². The number of benzene rings is 1. The van der Waals surface area contributed by atoms with Gasteiger partial charge in [0.05, 0.1) is 12.2 Å². The Labute approximate surface area is 152 Å². The van der Waals surface area contributed by atoms with Crippen molar-refractivity contribution in [2.24, 2.45) is 0 Å². The SMILES string of the molecule is Fc1ccc(Cc2nnc(N3CCC(OC4CCCC4)CC3)s2)cc1. The zero-order chi connectivity index (χ0) is 17.1. The van der Waals surface area contributed by atoms with E-state index in [2.05, 4.69) is 15.1 Å². The quantitative estimate of drug-likeness (QED) is 0.800. The molecule has 6 heteroatoms. The molecular weight excluding hydrogens is 337 g/mol. The molecule has 1 saturated heterocycles. The molecule has 0 unspecified atom stereocenters. The van der Waals surface area contributed by atoms with Crippen LogP contribution in [0.15, 0.2) is 24.3 Å². The summed E-state index contributed by atoms with van der Waals surface area (Å²) in [6.45, 7) is 1.98. The van der Waals surface area contributed by atoms with E-state index in [9.17, 15) is 4.39 Å². The average molecular weight is 361 g/mol. The van der Waals surface area contributed by atoms with Gasteiger partial charge in [-0.05, 0) is 43.4 Å². The first kappa shape index (κ1) is 16.9. The number of piperidine rings is 1. The third-order valence-corrected chi connectivity index (χ3v) is 6.11. The van der Waals surface area contributed by atoms with Gasteiger partial charge in [-0.15, -0.1) is 10.2 Å². The Hall–Kier alpha value is -1.53. The van der Waals surface area contributed by atoms with Crippen molar-refractivity contribution in [3.05, 3.63) is 40.7 Å². The number of ether oxygens (including phenoxy) is 1. The third kappa shape index (κ3) is 4.36. The molecule has 1 aliphatic heterocycles. The summed E-state index contributed by atoms with van der Waals surface area (Å²) in [4.78, 5) is 2.32. The minimum atomic E-state index is -0.204. The lowest BCUT2D eigenvalue weighted by Gasteiger charge is -2.32. The average Bonchev–Trinajstić information content (AvgIpc) is 3.30. The van der Waals surface area contributed by atoms with Crippen LogP contribution in [0.2, 0.25) is 0 Å². The van der Waals surface area contributed by atoms with Crippen LogP contribution in [0.5, 0.6) is 0 Å². The number of anilines is 1. The highest BCUT2D eigenvalue weighted by Gasteiger charge is 2.26. The van der Waals surface area contributed by atoms with Crippen molar-refractivity contribution in [1.29, 1.82) is 0 Å². The monoisotopic (exact) mass is 361 g/mol. The Kier molecular flexibility index (Phi) is 5.27. The Morgan fingerprint density at radius 1 is 1.00 bits per heavy atom. The highest BCUT2D eigenvalue weighted by molar-refractivity contribution is 7.15. The van der Waals surface area contributed by atoms with Gasteiger partial charge in [0.15, 0.2) is 0 Å². The molecule has 1 saturated carbocycles. The largest absolute Gasteiger partial charge is 0.375 e. The van der Waals surface area contributed by atoms with E-state index in [-0.39, 0.29) is 5.82 Å². The normalized spacial score (nSPS) is 19.6. The van der Waals surface area contributed by atoms with Gasteiger partial charge in [0.25, 0.3) is 0 Å². The van der Waals surface area contributed by atoms with Crippen molar-refractivity contribution in [3.63, 3.8) is 0 Å². The van der Waals surface area contributed by atoms with E-state index in [0.717, 1.165) is 41.6 Å². The molecule has 0 atom stereocenters. The van der Waals surface area contributed by atoms with Gasteiger partial charge in [-0.2, -0.15) is 0 Å². The van der Waals surface area contributed by atoms with Crippen LogP contribution in [0.3, 0.4) is 0 Å². The van der Waals surface area contributed by atoms with Gasteiger partial charge in [-0.3, -0.25) is 0 Å². The molecular formula is C19H24FN3OS. The molecule has 4 nitrogen and oxygen atoms in total. The number of rotatable bonds is 5. The van der Waals surface area contributed by atoms with Gasteiger partial charge in [0.1, 0.15) is 10.8 Å². The Balaban J connectivity index is 1.29. The maximum absolute atomic E-state index is 13.0. The van der Waals surface area contributed by atoms with Crippen LogP contribution in [-0.4, -0.2) is 35.5 Å². The second-order valence-corrected chi connectivity index (χ2v) is 8.05. The van der Waals surface area contributed by atoms with Crippen molar-refractivity contribution in [3.8, 4) is 0 Å². The van der Waals surface area contributed by atoms with Crippen LogP contribution in [0.1, 0.15) is 49.1 Å². The van der Waals surface area contributed by atoms with E-state index in [1.165, 1.54) is 37.8 Å². The highest BCUT2D eigenvalue weighted by Crippen LogP contribution is 2.29. The van der Waals surface area contributed by atoms with E-state index in [1.54, 1.807) is 11.3 Å². The zero-order valence-corrected chi connectivity index (χ0v) is 15.2. The number of hydrogen-bond acceptors (Lipinski definition) is 5. The summed E-state index contributed by atoms with van der Waals surface area (Å²) < 4.78 is 19.2. The summed E-state index contributed by atoms with van der Waals surface area (Å²) in [7, 11) is 0. The number of hydrogen-bond donors (Lipinski definition) is 0. The minimum Gasteiger partial charge on any atom is -0.375 e. The second-order valence-electron chi connectivity index (χ2n) is 7.01. The topological polar surface area (TPSA) is 38.2 Å². The van der Waals surface area contributed by atoms with Crippen LogP contribution in [0.4, 0.5) is 9.52 Å². The molecule has 2 aliphatic rings. The predicted octanol–water partition coefficient (Wildman–Crippen LogP) is 4.20. The van der Waals surface area contributed by atoms with E-state index < -0.39 is 0 Å². The van der Waals surface area contributed by atoms with Crippen molar-refractivity contribution in [2.75, 3.05) is 18.0 Å². The second kappa shape index (κ2) is 7.79. The zero-order valence-electron chi connectivity index (χ0n) is 14.4. The van der Waals surface area contributed by atoms with Gasteiger partial charge in [-0.1, -0.05) is 36.3 Å². The van der Waals surface area contributed by atoms with Gasteiger partial charge in [0, 0.05) is 19.5 Å². The first-order valence-corrected chi connectivity index (χ1v) is 10.0. The highest BCUT2D eigenvalue weighted by atomic mass is 32.1. The molecule has 2 heterocycles. The summed E-state index contributed by atoms with van der Waals surface area (Å²) in [5.41, 5.74) is 1.06. The van der Waals surface area contributed by atoms with Gasteiger partial charge < -0.3 is 9.64 Å². The molecule has 0 spiro atoms. The fourth-order valence-electron chi connectivity index (χ4n) is 3.70. The maximum atomic E-state index is 13.0. The molecule has 134 valence electrons. The fourth-order valence-corrected chi connectivity index (χ4v) is 4.63. The standard InChI is InChI=1S/C19H24FN3OS/c20-15-7-5-14(6-8-15)13-18-21-22-19(25-18)23-11-9-17(10-12-23)24-16-3-1-2-4-16/h5-8,16-17H,1-4,9-13H2. The third-order valence-electron chi connectivity index (χ3n) is 5.12. The molecule has 1 aromatic heterocycles. The van der Waals surface area contributed by atoms with Crippen LogP contribution < -0.4 is 4.90 Å².